The van der Waals surface area contributed by atoms with Crippen LogP contribution in [0.25, 0.3) is 11.4 Å². The van der Waals surface area contributed by atoms with Crippen molar-refractivity contribution in [2.45, 2.75) is 26.7 Å². The van der Waals surface area contributed by atoms with Crippen LogP contribution in [-0.2, 0) is 19.8 Å². The summed E-state index contributed by atoms with van der Waals surface area (Å²) in [5.41, 5.74) is 2.20. The van der Waals surface area contributed by atoms with E-state index >= 15 is 0 Å². The van der Waals surface area contributed by atoms with Crippen LogP contribution in [0.5, 0.6) is 5.75 Å². The molecule has 0 unspecified atom stereocenters. The summed E-state index contributed by atoms with van der Waals surface area (Å²) in [6.45, 7) is 5.77. The van der Waals surface area contributed by atoms with Crippen molar-refractivity contribution in [3.63, 3.8) is 0 Å². The van der Waals surface area contributed by atoms with Crippen molar-refractivity contribution in [2.24, 2.45) is 0 Å². The van der Waals surface area contributed by atoms with Gasteiger partial charge in [-0.15, -0.1) is 0 Å². The Labute approximate surface area is 168 Å². The van der Waals surface area contributed by atoms with E-state index in [1.807, 2.05) is 47.1 Å². The van der Waals surface area contributed by atoms with Gasteiger partial charge in [0.05, 0.1) is 6.67 Å². The maximum absolute atomic E-state index is 6.02. The Morgan fingerprint density at radius 1 is 1.15 bits per heavy atom. The Morgan fingerprint density at radius 3 is 2.70 bits per heavy atom. The number of halogens is 1. The average Bonchev–Trinajstić information content (AvgIpc) is 2.86. The van der Waals surface area contributed by atoms with E-state index < -0.39 is 0 Å². The summed E-state index contributed by atoms with van der Waals surface area (Å²) in [4.78, 5) is 2.31. The van der Waals surface area contributed by atoms with E-state index in [2.05, 4.69) is 22.5 Å². The van der Waals surface area contributed by atoms with Gasteiger partial charge in [0, 0.05) is 35.8 Å². The molecule has 2 aromatic carbocycles. The Hall–Kier alpha value is -2.15. The molecule has 0 fully saturated rings. The molecule has 0 atom stereocenters. The van der Waals surface area contributed by atoms with Gasteiger partial charge in [-0.1, -0.05) is 29.8 Å². The van der Waals surface area contributed by atoms with E-state index in [9.17, 15) is 0 Å². The lowest BCUT2D eigenvalue weighted by Gasteiger charge is -2.18. The number of rotatable bonds is 4. The molecule has 0 aliphatic carbocycles. The molecule has 0 spiro atoms. The maximum Gasteiger partial charge on any atom is 0.199 e. The van der Waals surface area contributed by atoms with Gasteiger partial charge in [0.15, 0.2) is 10.6 Å². The molecule has 1 aliphatic rings. The van der Waals surface area contributed by atoms with Crippen molar-refractivity contribution in [2.75, 3.05) is 13.2 Å². The first-order valence-electron chi connectivity index (χ1n) is 9.02. The van der Waals surface area contributed by atoms with Gasteiger partial charge in [0.1, 0.15) is 12.4 Å². The number of hydrogen-bond donors (Lipinski definition) is 0. The first-order chi connectivity index (χ1) is 13.2. The van der Waals surface area contributed by atoms with Crippen LogP contribution in [0, 0.1) is 4.77 Å². The molecule has 2 heterocycles. The molecule has 0 saturated heterocycles. The van der Waals surface area contributed by atoms with Crippen molar-refractivity contribution in [3.05, 3.63) is 63.9 Å². The fourth-order valence-corrected chi connectivity index (χ4v) is 3.76. The molecule has 0 saturated carbocycles. The summed E-state index contributed by atoms with van der Waals surface area (Å²) < 4.78 is 10.5. The molecule has 7 heteroatoms. The van der Waals surface area contributed by atoms with Crippen LogP contribution in [0.3, 0.4) is 0 Å². The van der Waals surface area contributed by atoms with E-state index in [4.69, 9.17) is 33.7 Å². The molecule has 1 aromatic heterocycles. The molecular formula is C20H21ClN4OS. The highest BCUT2D eigenvalue weighted by Gasteiger charge is 2.18. The van der Waals surface area contributed by atoms with E-state index in [1.54, 1.807) is 0 Å². The number of nitrogens with zero attached hydrogens (tertiary/aromatic N) is 4. The Balaban J connectivity index is 1.63. The van der Waals surface area contributed by atoms with E-state index in [-0.39, 0.29) is 0 Å². The zero-order chi connectivity index (χ0) is 18.8. The molecule has 5 nitrogen and oxygen atoms in total. The van der Waals surface area contributed by atoms with Crippen LogP contribution in [0.2, 0.25) is 5.02 Å². The number of ether oxygens (including phenoxy) is 1. The standard InChI is InChI=1S/C20H21ClN4OS/c1-2-24-19(15-7-9-17(21)10-8-15)22-25(20(24)27)14-23-11-12-26-18-6-4-3-5-16(18)13-23/h3-10H,2,11-14H2,1H3. The van der Waals surface area contributed by atoms with Crippen molar-refractivity contribution in [3.8, 4) is 17.1 Å². The largest absolute Gasteiger partial charge is 0.492 e. The monoisotopic (exact) mass is 400 g/mol. The summed E-state index contributed by atoms with van der Waals surface area (Å²) in [5, 5.41) is 5.52. The molecule has 4 rings (SSSR count). The summed E-state index contributed by atoms with van der Waals surface area (Å²) in [6, 6.07) is 15.9. The highest BCUT2D eigenvalue weighted by Crippen LogP contribution is 2.24. The number of para-hydroxylation sites is 1. The molecule has 3 aromatic rings. The fraction of sp³-hybridized carbons (Fsp3) is 0.300. The van der Waals surface area contributed by atoms with Crippen molar-refractivity contribution < 1.29 is 4.74 Å². The van der Waals surface area contributed by atoms with Gasteiger partial charge >= 0.3 is 0 Å². The highest BCUT2D eigenvalue weighted by atomic mass is 35.5. The second-order valence-corrected chi connectivity index (χ2v) is 7.31. The lowest BCUT2D eigenvalue weighted by Crippen LogP contribution is -2.29. The number of benzene rings is 2. The van der Waals surface area contributed by atoms with Crippen molar-refractivity contribution in [1.29, 1.82) is 0 Å². The van der Waals surface area contributed by atoms with Gasteiger partial charge in [-0.3, -0.25) is 4.90 Å². The smallest absolute Gasteiger partial charge is 0.199 e. The summed E-state index contributed by atoms with van der Waals surface area (Å²) in [6.07, 6.45) is 0. The number of aromatic nitrogens is 3. The lowest BCUT2D eigenvalue weighted by atomic mass is 10.2. The van der Waals surface area contributed by atoms with Crippen LogP contribution >= 0.6 is 23.8 Å². The van der Waals surface area contributed by atoms with Gasteiger partial charge in [-0.2, -0.15) is 5.10 Å². The second kappa shape index (κ2) is 7.84. The van der Waals surface area contributed by atoms with Gasteiger partial charge in [0.25, 0.3) is 0 Å². The zero-order valence-electron chi connectivity index (χ0n) is 15.1. The number of fused-ring (bicyclic) bond motifs is 1. The minimum absolute atomic E-state index is 0.629. The molecule has 0 radical (unpaired) electrons. The van der Waals surface area contributed by atoms with E-state index in [1.165, 1.54) is 5.56 Å². The van der Waals surface area contributed by atoms with Gasteiger partial charge < -0.3 is 9.30 Å². The highest BCUT2D eigenvalue weighted by molar-refractivity contribution is 7.71. The minimum Gasteiger partial charge on any atom is -0.492 e. The van der Waals surface area contributed by atoms with Crippen LogP contribution in [0.4, 0.5) is 0 Å². The molecule has 140 valence electrons. The first kappa shape index (κ1) is 18.2. The van der Waals surface area contributed by atoms with Crippen LogP contribution in [-0.4, -0.2) is 32.4 Å². The summed E-state index contributed by atoms with van der Waals surface area (Å²) in [7, 11) is 0. The van der Waals surface area contributed by atoms with Gasteiger partial charge in [0.2, 0.25) is 0 Å². The third kappa shape index (κ3) is 3.78. The van der Waals surface area contributed by atoms with E-state index in [0.717, 1.165) is 41.5 Å². The van der Waals surface area contributed by atoms with E-state index in [0.29, 0.717) is 18.3 Å². The first-order valence-corrected chi connectivity index (χ1v) is 9.81. The molecule has 1 aliphatic heterocycles. The molecule has 0 N–H and O–H groups in total. The Kier molecular flexibility index (Phi) is 5.29. The third-order valence-corrected chi connectivity index (χ3v) is 5.39. The number of hydrogen-bond acceptors (Lipinski definition) is 4. The maximum atomic E-state index is 6.02. The topological polar surface area (TPSA) is 35.2 Å². The normalized spacial score (nSPS) is 14.4. The third-order valence-electron chi connectivity index (χ3n) is 4.71. The lowest BCUT2D eigenvalue weighted by molar-refractivity contribution is 0.177. The quantitative estimate of drug-likeness (QED) is 0.599. The van der Waals surface area contributed by atoms with Gasteiger partial charge in [-0.25, -0.2) is 4.68 Å². The second-order valence-electron chi connectivity index (χ2n) is 6.51. The summed E-state index contributed by atoms with van der Waals surface area (Å²) >= 11 is 11.7. The van der Waals surface area contributed by atoms with Crippen LogP contribution in [0.15, 0.2) is 48.5 Å². The fourth-order valence-electron chi connectivity index (χ4n) is 3.32. The zero-order valence-corrected chi connectivity index (χ0v) is 16.7. The summed E-state index contributed by atoms with van der Waals surface area (Å²) in [5.74, 6) is 1.83. The Bertz CT molecular complexity index is 996. The van der Waals surface area contributed by atoms with Crippen LogP contribution in [0.1, 0.15) is 12.5 Å². The van der Waals surface area contributed by atoms with Gasteiger partial charge in [-0.05, 0) is 49.5 Å². The predicted molar refractivity (Wildman–Crippen MR) is 110 cm³/mol. The molecular weight excluding hydrogens is 380 g/mol. The average molecular weight is 401 g/mol. The van der Waals surface area contributed by atoms with Crippen molar-refractivity contribution >= 4 is 23.8 Å². The molecule has 0 bridgehead atoms. The van der Waals surface area contributed by atoms with Crippen molar-refractivity contribution in [1.82, 2.24) is 19.2 Å². The van der Waals surface area contributed by atoms with Crippen LogP contribution < -0.4 is 4.74 Å². The Morgan fingerprint density at radius 2 is 1.93 bits per heavy atom. The SMILES string of the molecule is CCn1c(-c2ccc(Cl)cc2)nn(CN2CCOc3ccccc3C2)c1=S. The predicted octanol–water partition coefficient (Wildman–Crippen LogP) is 4.61. The molecule has 27 heavy (non-hydrogen) atoms. The minimum atomic E-state index is 0.629. The molecule has 0 amide bonds.